The third kappa shape index (κ3) is 2.34. The van der Waals surface area contributed by atoms with E-state index in [1.807, 2.05) is 0 Å². The molecule has 3 rings (SSSR count). The molecule has 1 aliphatic rings. The molecule has 2 aromatic heterocycles. The Bertz CT molecular complexity index is 794. The molecule has 4 unspecified atom stereocenters. The third-order valence-corrected chi connectivity index (χ3v) is 5.71. The van der Waals surface area contributed by atoms with Crippen LogP contribution in [0.3, 0.4) is 0 Å². The number of imidazole rings is 1. The highest BCUT2D eigenvalue weighted by Gasteiger charge is 2.62. The number of hydrogen-bond acceptors (Lipinski definition) is 8. The molecule has 0 bridgehead atoms. The molecule has 9 heteroatoms. The van der Waals surface area contributed by atoms with Gasteiger partial charge in [-0.3, -0.25) is 4.57 Å². The second kappa shape index (κ2) is 5.60. The summed E-state index contributed by atoms with van der Waals surface area (Å²) in [4.78, 5) is 12.5. The summed E-state index contributed by atoms with van der Waals surface area (Å²) in [6.45, 7) is 6.90. The highest BCUT2D eigenvalue weighted by molar-refractivity contribution is 5.81. The Morgan fingerprint density at radius 2 is 2.00 bits per heavy atom. The summed E-state index contributed by atoms with van der Waals surface area (Å²) in [7, 11) is 1.50. The summed E-state index contributed by atoms with van der Waals surface area (Å²) in [6.07, 6.45) is 1.56. The van der Waals surface area contributed by atoms with Crippen LogP contribution >= 0.6 is 0 Å². The molecule has 2 aromatic rings. The maximum absolute atomic E-state index is 11.2. The topological polar surface area (TPSA) is 129 Å². The molecule has 1 aliphatic heterocycles. The minimum absolute atomic E-state index is 0.0951. The molecule has 1 fully saturated rings. The molecular formula is C16H25N5O4. The zero-order chi connectivity index (χ0) is 18.6. The van der Waals surface area contributed by atoms with E-state index in [-0.39, 0.29) is 12.2 Å². The lowest BCUT2D eigenvalue weighted by molar-refractivity contribution is -0.285. The number of anilines is 1. The number of aromatic nitrogens is 4. The van der Waals surface area contributed by atoms with Crippen molar-refractivity contribution >= 4 is 17.0 Å². The minimum Gasteiger partial charge on any atom is -0.390 e. The van der Waals surface area contributed by atoms with E-state index in [0.29, 0.717) is 11.2 Å². The van der Waals surface area contributed by atoms with Crippen molar-refractivity contribution in [2.75, 3.05) is 12.8 Å². The van der Waals surface area contributed by atoms with Crippen LogP contribution < -0.4 is 5.73 Å². The lowest BCUT2D eigenvalue weighted by Gasteiger charge is -2.51. The van der Waals surface area contributed by atoms with Crippen LogP contribution in [0, 0.1) is 0 Å². The van der Waals surface area contributed by atoms with E-state index in [1.54, 1.807) is 32.3 Å². The van der Waals surface area contributed by atoms with E-state index in [1.165, 1.54) is 19.8 Å². The first-order valence-corrected chi connectivity index (χ1v) is 8.15. The third-order valence-electron chi connectivity index (χ3n) is 5.71. The number of fused-ring (bicyclic) bond motifs is 1. The van der Waals surface area contributed by atoms with Crippen LogP contribution in [0.5, 0.6) is 0 Å². The summed E-state index contributed by atoms with van der Waals surface area (Å²) in [6, 6.07) is 0. The summed E-state index contributed by atoms with van der Waals surface area (Å²) in [5, 5.41) is 21.6. The molecule has 138 valence electrons. The van der Waals surface area contributed by atoms with Crippen LogP contribution in [0.1, 0.15) is 34.1 Å². The number of rotatable bonds is 2. The quantitative estimate of drug-likeness (QED) is 0.709. The lowest BCUT2D eigenvalue weighted by Crippen LogP contribution is -2.65. The molecule has 4 N–H and O–H groups in total. The first-order chi connectivity index (χ1) is 11.6. The zero-order valence-corrected chi connectivity index (χ0v) is 15.1. The number of nitrogens with two attached hydrogens (primary N) is 1. The summed E-state index contributed by atoms with van der Waals surface area (Å²) in [5.74, 6) is 0.250. The lowest BCUT2D eigenvalue weighted by atomic mass is 9.75. The van der Waals surface area contributed by atoms with Crippen molar-refractivity contribution in [3.05, 3.63) is 12.7 Å². The van der Waals surface area contributed by atoms with Gasteiger partial charge in [0.05, 0.1) is 24.1 Å². The van der Waals surface area contributed by atoms with Gasteiger partial charge in [0, 0.05) is 13.5 Å². The minimum atomic E-state index is -1.39. The van der Waals surface area contributed by atoms with Gasteiger partial charge in [-0.25, -0.2) is 15.0 Å². The maximum Gasteiger partial charge on any atom is 0.176 e. The van der Waals surface area contributed by atoms with Crippen LogP contribution in [0.2, 0.25) is 0 Å². The molecule has 0 radical (unpaired) electrons. The van der Waals surface area contributed by atoms with E-state index in [0.717, 1.165) is 0 Å². The normalized spacial score (nSPS) is 39.5. The van der Waals surface area contributed by atoms with Gasteiger partial charge in [0.2, 0.25) is 0 Å². The Kier molecular flexibility index (Phi) is 4.03. The van der Waals surface area contributed by atoms with Gasteiger partial charge in [0.1, 0.15) is 17.4 Å². The molecular weight excluding hydrogens is 326 g/mol. The molecule has 3 heterocycles. The summed E-state index contributed by atoms with van der Waals surface area (Å²) < 4.78 is 13.7. The van der Waals surface area contributed by atoms with Gasteiger partial charge < -0.3 is 25.4 Å². The molecule has 5 atom stereocenters. The van der Waals surface area contributed by atoms with Crippen molar-refractivity contribution in [3.8, 4) is 0 Å². The molecule has 1 saturated heterocycles. The smallest absolute Gasteiger partial charge is 0.176 e. The van der Waals surface area contributed by atoms with Gasteiger partial charge in [-0.15, -0.1) is 0 Å². The van der Waals surface area contributed by atoms with Crippen molar-refractivity contribution in [1.82, 2.24) is 19.5 Å². The van der Waals surface area contributed by atoms with Crippen LogP contribution in [-0.2, 0) is 15.2 Å². The summed E-state index contributed by atoms with van der Waals surface area (Å²) >= 11 is 0. The predicted molar refractivity (Wildman–Crippen MR) is 90.6 cm³/mol. The van der Waals surface area contributed by atoms with Crippen LogP contribution in [-0.4, -0.2) is 60.3 Å². The standard InChI is InChI=1S/C16H25N5O4/c1-9-10(22)6-14(2,23)15(3,24-5)16(4,25-9)21-8-20-11-12(17)18-7-19-13(11)21/h7-10,22-23H,6H2,1-5H3,(H2,17,18,19)/t9?,10?,14?,15?,16-/m1/s1. The highest BCUT2D eigenvalue weighted by atomic mass is 16.6. The Balaban J connectivity index is 2.29. The van der Waals surface area contributed by atoms with Gasteiger partial charge in [-0.2, -0.15) is 0 Å². The molecule has 0 spiro atoms. The van der Waals surface area contributed by atoms with Gasteiger partial charge in [-0.05, 0) is 27.7 Å². The Morgan fingerprint density at radius 3 is 2.64 bits per heavy atom. The van der Waals surface area contributed by atoms with Crippen LogP contribution in [0.25, 0.3) is 11.2 Å². The maximum atomic E-state index is 11.2. The monoisotopic (exact) mass is 351 g/mol. The van der Waals surface area contributed by atoms with E-state index in [9.17, 15) is 10.2 Å². The average Bonchev–Trinajstić information content (AvgIpc) is 2.97. The van der Waals surface area contributed by atoms with E-state index in [4.69, 9.17) is 15.2 Å². The Labute approximate surface area is 145 Å². The number of aliphatic hydroxyl groups excluding tert-OH is 1. The van der Waals surface area contributed by atoms with Crippen molar-refractivity contribution < 1.29 is 19.7 Å². The van der Waals surface area contributed by atoms with Crippen molar-refractivity contribution in [3.63, 3.8) is 0 Å². The SMILES string of the molecule is COC1(C)C(C)(O)CC(O)C(C)O[C@@]1(C)n1cnc2c(N)ncnc21. The number of methoxy groups -OCH3 is 1. The number of aliphatic hydroxyl groups is 2. The number of ether oxygens (including phenoxy) is 2. The largest absolute Gasteiger partial charge is 0.390 e. The highest BCUT2D eigenvalue weighted by Crippen LogP contribution is 2.48. The fraction of sp³-hybridized carbons (Fsp3) is 0.688. The van der Waals surface area contributed by atoms with Gasteiger partial charge in [0.15, 0.2) is 17.2 Å². The van der Waals surface area contributed by atoms with Crippen LogP contribution in [0.4, 0.5) is 5.82 Å². The van der Waals surface area contributed by atoms with Crippen molar-refractivity contribution in [1.29, 1.82) is 0 Å². The van der Waals surface area contributed by atoms with Gasteiger partial charge >= 0.3 is 0 Å². The fourth-order valence-corrected chi connectivity index (χ4v) is 3.68. The molecule has 25 heavy (non-hydrogen) atoms. The number of nitrogens with zero attached hydrogens (tertiary/aromatic N) is 4. The fourth-order valence-electron chi connectivity index (χ4n) is 3.68. The van der Waals surface area contributed by atoms with Crippen LogP contribution in [0.15, 0.2) is 12.7 Å². The van der Waals surface area contributed by atoms with E-state index < -0.39 is 29.1 Å². The second-order valence-corrected chi connectivity index (χ2v) is 7.13. The van der Waals surface area contributed by atoms with Crippen molar-refractivity contribution in [2.45, 2.75) is 63.3 Å². The predicted octanol–water partition coefficient (Wildman–Crippen LogP) is 0.407. The Hall–Kier alpha value is -1.81. The number of nitrogen functional groups attached to an aromatic ring is 1. The Morgan fingerprint density at radius 1 is 1.32 bits per heavy atom. The van der Waals surface area contributed by atoms with Gasteiger partial charge in [0.25, 0.3) is 0 Å². The average molecular weight is 351 g/mol. The molecule has 9 nitrogen and oxygen atoms in total. The molecule has 0 aromatic carbocycles. The second-order valence-electron chi connectivity index (χ2n) is 7.13. The first-order valence-electron chi connectivity index (χ1n) is 8.15. The molecule has 0 aliphatic carbocycles. The van der Waals surface area contributed by atoms with E-state index in [2.05, 4.69) is 15.0 Å². The van der Waals surface area contributed by atoms with Crippen molar-refractivity contribution in [2.24, 2.45) is 0 Å². The zero-order valence-electron chi connectivity index (χ0n) is 15.1. The molecule has 0 amide bonds. The van der Waals surface area contributed by atoms with Gasteiger partial charge in [-0.1, -0.05) is 0 Å². The summed E-state index contributed by atoms with van der Waals surface area (Å²) in [5.41, 5.74) is 2.94. The molecule has 0 saturated carbocycles. The first kappa shape index (κ1) is 18.0. The number of hydrogen-bond donors (Lipinski definition) is 3. The van der Waals surface area contributed by atoms with E-state index >= 15 is 0 Å².